The Kier molecular flexibility index (Phi) is 6.44. The highest BCUT2D eigenvalue weighted by atomic mass is 16.6. The van der Waals surface area contributed by atoms with Crippen LogP contribution in [-0.4, -0.2) is 46.0 Å². The molecule has 182 valence electrons. The average molecular weight is 485 g/mol. The van der Waals surface area contributed by atoms with Crippen molar-refractivity contribution in [1.82, 2.24) is 15.0 Å². The maximum absolute atomic E-state index is 12.9. The summed E-state index contributed by atoms with van der Waals surface area (Å²) < 4.78 is 16.0. The Labute approximate surface area is 206 Å². The van der Waals surface area contributed by atoms with Gasteiger partial charge in [0.25, 0.3) is 17.7 Å². The van der Waals surface area contributed by atoms with Crippen molar-refractivity contribution in [3.8, 4) is 17.1 Å². The average Bonchev–Trinajstić information content (AvgIpc) is 3.37. The first-order chi connectivity index (χ1) is 17.6. The van der Waals surface area contributed by atoms with Crippen LogP contribution in [0.1, 0.15) is 46.4 Å². The largest absolute Gasteiger partial charge is 0.493 e. The van der Waals surface area contributed by atoms with Crippen molar-refractivity contribution in [2.24, 2.45) is 0 Å². The molecule has 0 aliphatic carbocycles. The molecular formula is C27H23N3O6. The first-order valence-corrected chi connectivity index (χ1v) is 11.6. The molecule has 0 saturated carbocycles. The number of imide groups is 1. The molecule has 2 heterocycles. The van der Waals surface area contributed by atoms with Crippen LogP contribution >= 0.6 is 0 Å². The van der Waals surface area contributed by atoms with Gasteiger partial charge in [-0.15, -0.1) is 0 Å². The van der Waals surface area contributed by atoms with Gasteiger partial charge in [0.15, 0.2) is 6.61 Å². The van der Waals surface area contributed by atoms with Crippen LogP contribution < -0.4 is 4.74 Å². The quantitative estimate of drug-likeness (QED) is 0.253. The first-order valence-electron chi connectivity index (χ1n) is 11.6. The minimum atomic E-state index is -0.496. The molecule has 0 bridgehead atoms. The SMILES string of the molecule is CCOc1ccccc1-c1noc(COC(=O)CCCN2C(=O)c3cccc4cccc(c34)C2=O)n1. The number of ether oxygens (including phenoxy) is 2. The van der Waals surface area contributed by atoms with E-state index in [0.29, 0.717) is 40.3 Å². The highest BCUT2D eigenvalue weighted by molar-refractivity contribution is 6.25. The van der Waals surface area contributed by atoms with E-state index in [-0.39, 0.29) is 43.7 Å². The highest BCUT2D eigenvalue weighted by Crippen LogP contribution is 2.30. The van der Waals surface area contributed by atoms with Crippen LogP contribution in [0.5, 0.6) is 5.75 Å². The molecule has 0 atom stereocenters. The van der Waals surface area contributed by atoms with Crippen LogP contribution in [0.25, 0.3) is 22.2 Å². The minimum Gasteiger partial charge on any atom is -0.493 e. The number of carbonyl (C=O) groups excluding carboxylic acids is 3. The molecule has 5 rings (SSSR count). The van der Waals surface area contributed by atoms with E-state index in [4.69, 9.17) is 14.0 Å². The maximum Gasteiger partial charge on any atom is 0.306 e. The van der Waals surface area contributed by atoms with Crippen molar-refractivity contribution in [3.05, 3.63) is 77.7 Å². The Morgan fingerprint density at radius 1 is 0.944 bits per heavy atom. The van der Waals surface area contributed by atoms with Crippen LogP contribution in [0.4, 0.5) is 0 Å². The number of nitrogens with zero attached hydrogens (tertiary/aromatic N) is 3. The van der Waals surface area contributed by atoms with Gasteiger partial charge in [0.05, 0.1) is 12.2 Å². The normalized spacial score (nSPS) is 12.8. The van der Waals surface area contributed by atoms with E-state index in [2.05, 4.69) is 10.1 Å². The molecule has 0 unspecified atom stereocenters. The topological polar surface area (TPSA) is 112 Å². The number of hydrogen-bond acceptors (Lipinski definition) is 8. The zero-order valence-electron chi connectivity index (χ0n) is 19.6. The predicted octanol–water partition coefficient (Wildman–Crippen LogP) is 4.41. The standard InChI is InChI=1S/C27H23N3O6/c1-2-34-21-13-4-3-10-18(21)25-28-22(36-29-25)16-35-23(31)14-7-15-30-26(32)19-11-5-8-17-9-6-12-20(24(17)19)27(30)33/h3-6,8-13H,2,7,14-16H2,1H3. The monoisotopic (exact) mass is 485 g/mol. The molecule has 4 aromatic rings. The molecule has 1 aromatic heterocycles. The van der Waals surface area contributed by atoms with Crippen LogP contribution in [-0.2, 0) is 16.1 Å². The molecule has 36 heavy (non-hydrogen) atoms. The summed E-state index contributed by atoms with van der Waals surface area (Å²) in [6, 6.07) is 18.1. The predicted molar refractivity (Wildman–Crippen MR) is 129 cm³/mol. The zero-order valence-corrected chi connectivity index (χ0v) is 19.6. The summed E-state index contributed by atoms with van der Waals surface area (Å²) in [4.78, 5) is 43.6. The van der Waals surface area contributed by atoms with Crippen molar-refractivity contribution in [3.63, 3.8) is 0 Å². The fraction of sp³-hybridized carbons (Fsp3) is 0.222. The van der Waals surface area contributed by atoms with Crippen molar-refractivity contribution >= 4 is 28.6 Å². The fourth-order valence-corrected chi connectivity index (χ4v) is 4.24. The maximum atomic E-state index is 12.9. The van der Waals surface area contributed by atoms with Gasteiger partial charge in [-0.25, -0.2) is 0 Å². The number of esters is 1. The summed E-state index contributed by atoms with van der Waals surface area (Å²) in [6.07, 6.45) is 0.294. The van der Waals surface area contributed by atoms with E-state index in [1.54, 1.807) is 24.3 Å². The summed E-state index contributed by atoms with van der Waals surface area (Å²) in [6.45, 7) is 2.31. The van der Waals surface area contributed by atoms with E-state index in [1.165, 1.54) is 4.90 Å². The molecular weight excluding hydrogens is 462 g/mol. The molecule has 0 spiro atoms. The van der Waals surface area contributed by atoms with Crippen molar-refractivity contribution in [1.29, 1.82) is 0 Å². The highest BCUT2D eigenvalue weighted by Gasteiger charge is 2.32. The Balaban J connectivity index is 1.16. The lowest BCUT2D eigenvalue weighted by Gasteiger charge is -2.27. The lowest BCUT2D eigenvalue weighted by atomic mass is 9.94. The summed E-state index contributed by atoms with van der Waals surface area (Å²) in [5.41, 5.74) is 1.65. The zero-order chi connectivity index (χ0) is 25.1. The summed E-state index contributed by atoms with van der Waals surface area (Å²) >= 11 is 0. The summed E-state index contributed by atoms with van der Waals surface area (Å²) in [5, 5.41) is 5.46. The second-order valence-electron chi connectivity index (χ2n) is 8.18. The number of amides is 2. The van der Waals surface area contributed by atoms with Crippen molar-refractivity contribution in [2.45, 2.75) is 26.4 Å². The van der Waals surface area contributed by atoms with Gasteiger partial charge >= 0.3 is 5.97 Å². The number of benzene rings is 3. The molecule has 2 amide bonds. The first kappa shape index (κ1) is 23.2. The van der Waals surface area contributed by atoms with E-state index in [0.717, 1.165) is 5.39 Å². The summed E-state index contributed by atoms with van der Waals surface area (Å²) in [7, 11) is 0. The summed E-state index contributed by atoms with van der Waals surface area (Å²) in [5.74, 6) is -0.0982. The molecule has 0 radical (unpaired) electrons. The molecule has 1 aliphatic rings. The van der Waals surface area contributed by atoms with E-state index in [1.807, 2.05) is 43.3 Å². The van der Waals surface area contributed by atoms with Gasteiger partial charge in [-0.2, -0.15) is 4.98 Å². The van der Waals surface area contributed by atoms with Gasteiger partial charge < -0.3 is 14.0 Å². The molecule has 1 aliphatic heterocycles. The molecule has 0 N–H and O–H groups in total. The van der Waals surface area contributed by atoms with Crippen molar-refractivity contribution in [2.75, 3.05) is 13.2 Å². The number of hydrogen-bond donors (Lipinski definition) is 0. The number of para-hydroxylation sites is 1. The number of aromatic nitrogens is 2. The third kappa shape index (κ3) is 4.43. The van der Waals surface area contributed by atoms with Crippen molar-refractivity contribution < 1.29 is 28.4 Å². The van der Waals surface area contributed by atoms with Crippen LogP contribution in [0.15, 0.2) is 65.2 Å². The lowest BCUT2D eigenvalue weighted by molar-refractivity contribution is -0.145. The van der Waals surface area contributed by atoms with E-state index >= 15 is 0 Å². The Bertz CT molecular complexity index is 1410. The molecule has 3 aromatic carbocycles. The molecule has 0 saturated heterocycles. The van der Waals surface area contributed by atoms with Crippen LogP contribution in [0.3, 0.4) is 0 Å². The van der Waals surface area contributed by atoms with E-state index in [9.17, 15) is 14.4 Å². The van der Waals surface area contributed by atoms with Crippen LogP contribution in [0, 0.1) is 0 Å². The fourth-order valence-electron chi connectivity index (χ4n) is 4.24. The van der Waals surface area contributed by atoms with Gasteiger partial charge in [-0.05, 0) is 43.0 Å². The lowest BCUT2D eigenvalue weighted by Crippen LogP contribution is -2.41. The third-order valence-electron chi connectivity index (χ3n) is 5.87. The van der Waals surface area contributed by atoms with Gasteiger partial charge in [0.1, 0.15) is 5.75 Å². The van der Waals surface area contributed by atoms with E-state index < -0.39 is 5.97 Å². The Hall–Kier alpha value is -4.53. The molecule has 9 heteroatoms. The Morgan fingerprint density at radius 3 is 2.36 bits per heavy atom. The van der Waals surface area contributed by atoms with Crippen LogP contribution in [0.2, 0.25) is 0 Å². The second-order valence-corrected chi connectivity index (χ2v) is 8.18. The van der Waals surface area contributed by atoms with Gasteiger partial charge in [-0.1, -0.05) is 41.6 Å². The molecule has 9 nitrogen and oxygen atoms in total. The van der Waals surface area contributed by atoms with Gasteiger partial charge in [0.2, 0.25) is 5.82 Å². The Morgan fingerprint density at radius 2 is 1.64 bits per heavy atom. The molecule has 0 fully saturated rings. The third-order valence-corrected chi connectivity index (χ3v) is 5.87. The smallest absolute Gasteiger partial charge is 0.306 e. The van der Waals surface area contributed by atoms with Gasteiger partial charge in [0, 0.05) is 29.5 Å². The minimum absolute atomic E-state index is 0.0249. The van der Waals surface area contributed by atoms with Gasteiger partial charge in [-0.3, -0.25) is 19.3 Å². The second kappa shape index (κ2) is 9.99. The number of carbonyl (C=O) groups is 3. The number of rotatable bonds is 9.